The van der Waals surface area contributed by atoms with Gasteiger partial charge < -0.3 is 9.80 Å². The van der Waals surface area contributed by atoms with Crippen LogP contribution in [0.1, 0.15) is 30.7 Å². The Morgan fingerprint density at radius 2 is 1.86 bits per heavy atom. The molecule has 0 radical (unpaired) electrons. The third kappa shape index (κ3) is 3.35. The number of nitrogens with zero attached hydrogens (tertiary/aromatic N) is 2. The molecule has 0 unspecified atom stereocenters. The summed E-state index contributed by atoms with van der Waals surface area (Å²) in [7, 11) is 1.74. The molecule has 1 heterocycles. The van der Waals surface area contributed by atoms with Crippen LogP contribution in [-0.4, -0.2) is 48.3 Å². The standard InChI is InChI=1S/C17H21BrN2O2/c1-19(11-16(21)20-8-2-3-9-20)17(22)15-10-14(15)12-4-6-13(18)7-5-12/h4-7,14-15H,2-3,8-11H2,1H3/t14-,15+/m0/s1. The highest BCUT2D eigenvalue weighted by atomic mass is 79.9. The van der Waals surface area contributed by atoms with Gasteiger partial charge in [-0.1, -0.05) is 28.1 Å². The fourth-order valence-corrected chi connectivity index (χ4v) is 3.44. The number of amides is 2. The van der Waals surface area contributed by atoms with Crippen molar-refractivity contribution in [3.8, 4) is 0 Å². The molecule has 2 fully saturated rings. The maximum atomic E-state index is 12.5. The van der Waals surface area contributed by atoms with E-state index in [0.29, 0.717) is 5.92 Å². The van der Waals surface area contributed by atoms with E-state index in [-0.39, 0.29) is 24.3 Å². The summed E-state index contributed by atoms with van der Waals surface area (Å²) in [6.45, 7) is 1.89. The van der Waals surface area contributed by atoms with Gasteiger partial charge in [-0.15, -0.1) is 0 Å². The van der Waals surface area contributed by atoms with Crippen LogP contribution in [0.4, 0.5) is 0 Å². The summed E-state index contributed by atoms with van der Waals surface area (Å²) in [5.74, 6) is 0.525. The molecular formula is C17H21BrN2O2. The molecule has 22 heavy (non-hydrogen) atoms. The van der Waals surface area contributed by atoms with Crippen LogP contribution in [0.25, 0.3) is 0 Å². The minimum atomic E-state index is 0.0394. The summed E-state index contributed by atoms with van der Waals surface area (Å²) in [5.41, 5.74) is 1.21. The van der Waals surface area contributed by atoms with Crippen molar-refractivity contribution in [2.75, 3.05) is 26.7 Å². The minimum absolute atomic E-state index is 0.0394. The van der Waals surface area contributed by atoms with Crippen molar-refractivity contribution in [2.45, 2.75) is 25.2 Å². The monoisotopic (exact) mass is 364 g/mol. The van der Waals surface area contributed by atoms with E-state index in [9.17, 15) is 9.59 Å². The molecule has 1 saturated heterocycles. The van der Waals surface area contributed by atoms with Gasteiger partial charge in [-0.25, -0.2) is 0 Å². The number of halogens is 1. The summed E-state index contributed by atoms with van der Waals surface area (Å²) in [6, 6.07) is 8.15. The van der Waals surface area contributed by atoms with Gasteiger partial charge in [0.25, 0.3) is 0 Å². The number of rotatable bonds is 4. The lowest BCUT2D eigenvalue weighted by atomic mass is 10.1. The van der Waals surface area contributed by atoms with Crippen molar-refractivity contribution in [3.05, 3.63) is 34.3 Å². The lowest BCUT2D eigenvalue weighted by Gasteiger charge is -2.21. The highest BCUT2D eigenvalue weighted by Gasteiger charge is 2.45. The van der Waals surface area contributed by atoms with Crippen LogP contribution in [-0.2, 0) is 9.59 Å². The zero-order valence-electron chi connectivity index (χ0n) is 12.8. The Balaban J connectivity index is 1.53. The molecule has 1 aromatic carbocycles. The number of hydrogen-bond acceptors (Lipinski definition) is 2. The molecule has 5 heteroatoms. The molecule has 2 atom stereocenters. The highest BCUT2D eigenvalue weighted by molar-refractivity contribution is 9.10. The average Bonchev–Trinajstić information content (AvgIpc) is 3.10. The first-order valence-corrected chi connectivity index (χ1v) is 8.64. The Morgan fingerprint density at radius 3 is 2.50 bits per heavy atom. The molecule has 0 spiro atoms. The molecule has 1 saturated carbocycles. The Labute approximate surface area is 139 Å². The average molecular weight is 365 g/mol. The van der Waals surface area contributed by atoms with E-state index in [0.717, 1.165) is 36.8 Å². The molecule has 118 valence electrons. The van der Waals surface area contributed by atoms with Gasteiger partial charge in [-0.3, -0.25) is 9.59 Å². The van der Waals surface area contributed by atoms with Crippen molar-refractivity contribution in [1.82, 2.24) is 9.80 Å². The summed E-state index contributed by atoms with van der Waals surface area (Å²) in [6.07, 6.45) is 3.05. The lowest BCUT2D eigenvalue weighted by Crippen LogP contribution is -2.40. The van der Waals surface area contributed by atoms with Crippen LogP contribution in [0.2, 0.25) is 0 Å². The van der Waals surface area contributed by atoms with E-state index >= 15 is 0 Å². The van der Waals surface area contributed by atoms with Crippen molar-refractivity contribution >= 4 is 27.7 Å². The number of carbonyl (C=O) groups is 2. The second-order valence-corrected chi connectivity index (χ2v) is 7.20. The van der Waals surface area contributed by atoms with Gasteiger partial charge in [0.15, 0.2) is 0 Å². The maximum absolute atomic E-state index is 12.5. The summed E-state index contributed by atoms with van der Waals surface area (Å²) in [5, 5.41) is 0. The van der Waals surface area contributed by atoms with Crippen LogP contribution in [0.5, 0.6) is 0 Å². The van der Waals surface area contributed by atoms with Crippen LogP contribution in [0.15, 0.2) is 28.7 Å². The van der Waals surface area contributed by atoms with E-state index in [4.69, 9.17) is 0 Å². The predicted molar refractivity (Wildman–Crippen MR) is 88.4 cm³/mol. The third-order valence-corrected chi connectivity index (χ3v) is 5.14. The Morgan fingerprint density at radius 1 is 1.23 bits per heavy atom. The van der Waals surface area contributed by atoms with E-state index in [1.807, 2.05) is 17.0 Å². The Kier molecular flexibility index (Phi) is 4.52. The highest BCUT2D eigenvalue weighted by Crippen LogP contribution is 2.48. The van der Waals surface area contributed by atoms with Gasteiger partial charge in [0.05, 0.1) is 6.54 Å². The van der Waals surface area contributed by atoms with E-state index in [1.165, 1.54) is 5.56 Å². The lowest BCUT2D eigenvalue weighted by molar-refractivity contribution is -0.139. The minimum Gasteiger partial charge on any atom is -0.341 e. The van der Waals surface area contributed by atoms with E-state index in [1.54, 1.807) is 11.9 Å². The third-order valence-electron chi connectivity index (χ3n) is 4.61. The SMILES string of the molecule is CN(CC(=O)N1CCCC1)C(=O)[C@@H]1C[C@H]1c1ccc(Br)cc1. The van der Waals surface area contributed by atoms with Crippen molar-refractivity contribution in [2.24, 2.45) is 5.92 Å². The van der Waals surface area contributed by atoms with Gasteiger partial charge in [0.2, 0.25) is 11.8 Å². The van der Waals surface area contributed by atoms with Crippen LogP contribution in [0.3, 0.4) is 0 Å². The topological polar surface area (TPSA) is 40.6 Å². The van der Waals surface area contributed by atoms with Crippen molar-refractivity contribution in [3.63, 3.8) is 0 Å². The molecule has 0 bridgehead atoms. The Hall–Kier alpha value is -1.36. The molecule has 0 aromatic heterocycles. The molecule has 1 aliphatic heterocycles. The quantitative estimate of drug-likeness (QED) is 0.823. The zero-order valence-corrected chi connectivity index (χ0v) is 14.4. The first kappa shape index (κ1) is 15.5. The van der Waals surface area contributed by atoms with Gasteiger partial charge in [-0.2, -0.15) is 0 Å². The smallest absolute Gasteiger partial charge is 0.242 e. The fourth-order valence-electron chi connectivity index (χ4n) is 3.18. The predicted octanol–water partition coefficient (Wildman–Crippen LogP) is 2.63. The van der Waals surface area contributed by atoms with Gasteiger partial charge in [0, 0.05) is 30.5 Å². The zero-order chi connectivity index (χ0) is 15.7. The summed E-state index contributed by atoms with van der Waals surface area (Å²) in [4.78, 5) is 28.0. The molecule has 1 aromatic rings. The molecule has 2 amide bonds. The van der Waals surface area contributed by atoms with Crippen LogP contribution < -0.4 is 0 Å². The molecule has 1 aliphatic carbocycles. The second-order valence-electron chi connectivity index (χ2n) is 6.28. The molecule has 4 nitrogen and oxygen atoms in total. The normalized spacial score (nSPS) is 23.5. The molecular weight excluding hydrogens is 344 g/mol. The van der Waals surface area contributed by atoms with E-state index < -0.39 is 0 Å². The first-order valence-electron chi connectivity index (χ1n) is 7.84. The van der Waals surface area contributed by atoms with Crippen molar-refractivity contribution < 1.29 is 9.59 Å². The summed E-state index contributed by atoms with van der Waals surface area (Å²) < 4.78 is 1.05. The van der Waals surface area contributed by atoms with Gasteiger partial charge in [0.1, 0.15) is 0 Å². The largest absolute Gasteiger partial charge is 0.341 e. The first-order chi connectivity index (χ1) is 10.6. The number of hydrogen-bond donors (Lipinski definition) is 0. The van der Waals surface area contributed by atoms with Crippen LogP contribution >= 0.6 is 15.9 Å². The number of likely N-dealkylation sites (N-methyl/N-ethyl adjacent to an activating group) is 1. The number of benzene rings is 1. The van der Waals surface area contributed by atoms with Crippen LogP contribution in [0, 0.1) is 5.92 Å². The van der Waals surface area contributed by atoms with Gasteiger partial charge in [-0.05, 0) is 42.9 Å². The second kappa shape index (κ2) is 6.41. The summed E-state index contributed by atoms with van der Waals surface area (Å²) >= 11 is 3.42. The Bertz CT molecular complexity index is 567. The molecule has 2 aliphatic rings. The number of likely N-dealkylation sites (tertiary alicyclic amines) is 1. The molecule has 3 rings (SSSR count). The van der Waals surface area contributed by atoms with Gasteiger partial charge >= 0.3 is 0 Å². The van der Waals surface area contributed by atoms with Crippen molar-refractivity contribution in [1.29, 1.82) is 0 Å². The number of carbonyl (C=O) groups excluding carboxylic acids is 2. The fraction of sp³-hybridized carbons (Fsp3) is 0.529. The molecule has 0 N–H and O–H groups in total. The maximum Gasteiger partial charge on any atom is 0.242 e. The van der Waals surface area contributed by atoms with E-state index in [2.05, 4.69) is 28.1 Å².